The third-order valence-corrected chi connectivity index (χ3v) is 2.33. The van der Waals surface area contributed by atoms with E-state index in [2.05, 4.69) is 20.8 Å². The minimum absolute atomic E-state index is 0.0811. The van der Waals surface area contributed by atoms with E-state index in [4.69, 9.17) is 11.5 Å². The number of carbonyl (C=O) groups is 1. The summed E-state index contributed by atoms with van der Waals surface area (Å²) in [5.74, 6) is -1.07. The van der Waals surface area contributed by atoms with Gasteiger partial charge in [-0.05, 0) is 12.1 Å². The van der Waals surface area contributed by atoms with Gasteiger partial charge >= 0.3 is 0 Å². The molecule has 0 bridgehead atoms. The number of anilines is 3. The van der Waals surface area contributed by atoms with Gasteiger partial charge in [0.1, 0.15) is 17.8 Å². The molecule has 1 aromatic carbocycles. The number of amides is 1. The molecular formula is C11H11FN6O. The second-order valence-corrected chi connectivity index (χ2v) is 3.58. The minimum atomic E-state index is -0.658. The second-order valence-electron chi connectivity index (χ2n) is 3.58. The fourth-order valence-corrected chi connectivity index (χ4v) is 1.34. The average molecular weight is 262 g/mol. The van der Waals surface area contributed by atoms with Crippen molar-refractivity contribution in [1.82, 2.24) is 15.4 Å². The highest BCUT2D eigenvalue weighted by Crippen LogP contribution is 2.18. The molecule has 0 saturated carbocycles. The summed E-state index contributed by atoms with van der Waals surface area (Å²) in [6, 6.07) is 5.58. The van der Waals surface area contributed by atoms with Crippen LogP contribution in [0.3, 0.4) is 0 Å². The number of carbonyl (C=O) groups excluding carboxylic acids is 1. The predicted molar refractivity (Wildman–Crippen MR) is 68.3 cm³/mol. The molecule has 0 fully saturated rings. The molecule has 0 unspecified atom stereocenters. The van der Waals surface area contributed by atoms with Crippen LogP contribution in [0, 0.1) is 5.82 Å². The number of rotatable bonds is 3. The molecule has 0 radical (unpaired) electrons. The molecule has 0 saturated heterocycles. The highest BCUT2D eigenvalue weighted by Gasteiger charge is 2.11. The molecule has 0 aliphatic heterocycles. The number of nitrogens with one attached hydrogen (secondary N) is 2. The van der Waals surface area contributed by atoms with Gasteiger partial charge in [0.25, 0.3) is 5.91 Å². The molecule has 2 aromatic rings. The standard InChI is InChI=1S/C11H11FN6O/c12-7-4-2-1-3-6(7)11(19)18-17-10-8(13)9(14)15-5-16-10/h1-5H,13H2,(H,18,19)(H3,14,15,16,17). The van der Waals surface area contributed by atoms with E-state index >= 15 is 0 Å². The van der Waals surface area contributed by atoms with Crippen molar-refractivity contribution in [2.24, 2.45) is 0 Å². The first kappa shape index (κ1) is 12.6. The van der Waals surface area contributed by atoms with Crippen molar-refractivity contribution in [1.29, 1.82) is 0 Å². The summed E-state index contributed by atoms with van der Waals surface area (Å²) in [5, 5.41) is 0. The molecule has 0 spiro atoms. The molecule has 98 valence electrons. The second kappa shape index (κ2) is 5.17. The first-order chi connectivity index (χ1) is 9.09. The van der Waals surface area contributed by atoms with E-state index in [-0.39, 0.29) is 22.9 Å². The number of nitrogen functional groups attached to an aromatic ring is 2. The van der Waals surface area contributed by atoms with Gasteiger partial charge in [0.15, 0.2) is 11.6 Å². The van der Waals surface area contributed by atoms with E-state index in [1.807, 2.05) is 0 Å². The fourth-order valence-electron chi connectivity index (χ4n) is 1.34. The zero-order valence-electron chi connectivity index (χ0n) is 9.72. The van der Waals surface area contributed by atoms with Crippen LogP contribution in [-0.2, 0) is 0 Å². The van der Waals surface area contributed by atoms with Crippen LogP contribution in [0.4, 0.5) is 21.7 Å². The summed E-state index contributed by atoms with van der Waals surface area (Å²) < 4.78 is 13.4. The number of hydrogen-bond donors (Lipinski definition) is 4. The molecule has 1 aromatic heterocycles. The predicted octanol–water partition coefficient (Wildman–Crippen LogP) is 0.537. The molecular weight excluding hydrogens is 251 g/mol. The molecule has 1 amide bonds. The zero-order valence-corrected chi connectivity index (χ0v) is 9.72. The van der Waals surface area contributed by atoms with Gasteiger partial charge in [0.2, 0.25) is 0 Å². The number of aromatic nitrogens is 2. The molecule has 2 rings (SSSR count). The molecule has 0 atom stereocenters. The third-order valence-electron chi connectivity index (χ3n) is 2.33. The maximum Gasteiger partial charge on any atom is 0.272 e. The third kappa shape index (κ3) is 2.68. The van der Waals surface area contributed by atoms with Crippen LogP contribution >= 0.6 is 0 Å². The van der Waals surface area contributed by atoms with Gasteiger partial charge in [-0.1, -0.05) is 12.1 Å². The average Bonchev–Trinajstić information content (AvgIpc) is 2.40. The van der Waals surface area contributed by atoms with Gasteiger partial charge in [-0.2, -0.15) is 0 Å². The highest BCUT2D eigenvalue weighted by molar-refractivity contribution is 5.95. The van der Waals surface area contributed by atoms with Crippen LogP contribution < -0.4 is 22.3 Å². The smallest absolute Gasteiger partial charge is 0.272 e. The number of benzene rings is 1. The Hall–Kier alpha value is -2.90. The Morgan fingerprint density at radius 3 is 2.68 bits per heavy atom. The van der Waals surface area contributed by atoms with Gasteiger partial charge in [-0.15, -0.1) is 0 Å². The Kier molecular flexibility index (Phi) is 3.42. The quantitative estimate of drug-likeness (QED) is 0.599. The summed E-state index contributed by atoms with van der Waals surface area (Å²) in [6.45, 7) is 0. The van der Waals surface area contributed by atoms with E-state index < -0.39 is 11.7 Å². The van der Waals surface area contributed by atoms with E-state index in [1.54, 1.807) is 6.07 Å². The SMILES string of the molecule is Nc1ncnc(NNC(=O)c2ccccc2F)c1N. The monoisotopic (exact) mass is 262 g/mol. The lowest BCUT2D eigenvalue weighted by atomic mass is 10.2. The summed E-state index contributed by atoms with van der Waals surface area (Å²) in [4.78, 5) is 19.2. The molecule has 0 aliphatic carbocycles. The van der Waals surface area contributed by atoms with Crippen LogP contribution in [0.2, 0.25) is 0 Å². The van der Waals surface area contributed by atoms with E-state index in [1.165, 1.54) is 24.5 Å². The lowest BCUT2D eigenvalue weighted by Crippen LogP contribution is -2.31. The van der Waals surface area contributed by atoms with Crippen molar-refractivity contribution < 1.29 is 9.18 Å². The van der Waals surface area contributed by atoms with Crippen molar-refractivity contribution in [3.63, 3.8) is 0 Å². The molecule has 0 aliphatic rings. The molecule has 1 heterocycles. The Morgan fingerprint density at radius 1 is 1.21 bits per heavy atom. The van der Waals surface area contributed by atoms with Crippen molar-refractivity contribution in [2.75, 3.05) is 16.9 Å². The van der Waals surface area contributed by atoms with Crippen molar-refractivity contribution in [3.8, 4) is 0 Å². The fraction of sp³-hybridized carbons (Fsp3) is 0. The Balaban J connectivity index is 2.09. The van der Waals surface area contributed by atoms with E-state index in [0.717, 1.165) is 0 Å². The number of hydrazine groups is 1. The number of nitrogens with two attached hydrogens (primary N) is 2. The molecule has 8 heteroatoms. The van der Waals surface area contributed by atoms with Crippen LogP contribution in [-0.4, -0.2) is 15.9 Å². The van der Waals surface area contributed by atoms with Gasteiger partial charge in [0, 0.05) is 0 Å². The maximum absolute atomic E-state index is 13.4. The summed E-state index contributed by atoms with van der Waals surface area (Å²) in [6.07, 6.45) is 1.18. The van der Waals surface area contributed by atoms with Gasteiger partial charge < -0.3 is 11.5 Å². The van der Waals surface area contributed by atoms with E-state index in [9.17, 15) is 9.18 Å². The van der Waals surface area contributed by atoms with E-state index in [0.29, 0.717) is 0 Å². The molecule has 6 N–H and O–H groups in total. The first-order valence-corrected chi connectivity index (χ1v) is 5.26. The lowest BCUT2D eigenvalue weighted by molar-refractivity contribution is 0.0958. The largest absolute Gasteiger partial charge is 0.393 e. The number of hydrogen-bond acceptors (Lipinski definition) is 6. The maximum atomic E-state index is 13.4. The van der Waals surface area contributed by atoms with Crippen molar-refractivity contribution >= 4 is 23.2 Å². The molecule has 7 nitrogen and oxygen atoms in total. The summed E-state index contributed by atoms with van der Waals surface area (Å²) in [5.41, 5.74) is 15.8. The summed E-state index contributed by atoms with van der Waals surface area (Å²) >= 11 is 0. The van der Waals surface area contributed by atoms with Crippen molar-refractivity contribution in [3.05, 3.63) is 42.0 Å². The van der Waals surface area contributed by atoms with Crippen LogP contribution in [0.5, 0.6) is 0 Å². The first-order valence-electron chi connectivity index (χ1n) is 5.26. The van der Waals surface area contributed by atoms with Crippen LogP contribution in [0.15, 0.2) is 30.6 Å². The van der Waals surface area contributed by atoms with Crippen molar-refractivity contribution in [2.45, 2.75) is 0 Å². The highest BCUT2D eigenvalue weighted by atomic mass is 19.1. The van der Waals surface area contributed by atoms with Gasteiger partial charge in [0.05, 0.1) is 5.56 Å². The topological polar surface area (TPSA) is 119 Å². The van der Waals surface area contributed by atoms with Crippen LogP contribution in [0.1, 0.15) is 10.4 Å². The van der Waals surface area contributed by atoms with Gasteiger partial charge in [-0.25, -0.2) is 14.4 Å². The molecule has 19 heavy (non-hydrogen) atoms. The van der Waals surface area contributed by atoms with Crippen LogP contribution in [0.25, 0.3) is 0 Å². The number of halogens is 1. The zero-order chi connectivity index (χ0) is 13.8. The Bertz CT molecular complexity index is 618. The number of nitrogens with zero attached hydrogens (tertiary/aromatic N) is 2. The lowest BCUT2D eigenvalue weighted by Gasteiger charge is -2.10. The van der Waals surface area contributed by atoms with Gasteiger partial charge in [-0.3, -0.25) is 15.6 Å². The Labute approximate surface area is 107 Å². The Morgan fingerprint density at radius 2 is 1.95 bits per heavy atom. The minimum Gasteiger partial charge on any atom is -0.393 e. The normalized spacial score (nSPS) is 9.95. The summed E-state index contributed by atoms with van der Waals surface area (Å²) in [7, 11) is 0.